The maximum absolute atomic E-state index is 2.36. The van der Waals surface area contributed by atoms with Crippen LogP contribution in [0.15, 0.2) is 72.8 Å². The van der Waals surface area contributed by atoms with Crippen molar-refractivity contribution in [2.45, 2.75) is 26.7 Å². The highest BCUT2D eigenvalue weighted by Gasteiger charge is 2.18. The van der Waals surface area contributed by atoms with Crippen LogP contribution < -0.4 is 0 Å². The Kier molecular flexibility index (Phi) is 4.11. The maximum atomic E-state index is 2.36. The number of benzene rings is 3. The smallest absolute Gasteiger partial charge is 0.0342 e. The van der Waals surface area contributed by atoms with Crippen LogP contribution in [0.1, 0.15) is 39.3 Å². The van der Waals surface area contributed by atoms with Crippen molar-refractivity contribution in [1.82, 2.24) is 0 Å². The molecule has 0 aliphatic heterocycles. The largest absolute Gasteiger partial charge is 0.0622 e. The first-order chi connectivity index (χ1) is 10.7. The molecule has 0 fully saturated rings. The maximum Gasteiger partial charge on any atom is 0.0342 e. The molecule has 0 aliphatic carbocycles. The van der Waals surface area contributed by atoms with E-state index in [1.807, 2.05) is 0 Å². The Morgan fingerprint density at radius 3 is 1.50 bits per heavy atom. The average Bonchev–Trinajstić information content (AvgIpc) is 2.55. The van der Waals surface area contributed by atoms with E-state index in [4.69, 9.17) is 0 Å². The molecule has 0 heterocycles. The van der Waals surface area contributed by atoms with Crippen molar-refractivity contribution in [2.75, 3.05) is 0 Å². The molecule has 0 spiro atoms. The van der Waals surface area contributed by atoms with E-state index in [0.29, 0.717) is 5.92 Å². The van der Waals surface area contributed by atoms with Crippen molar-refractivity contribution in [3.63, 3.8) is 0 Å². The predicted molar refractivity (Wildman–Crippen MR) is 94.5 cm³/mol. The summed E-state index contributed by atoms with van der Waals surface area (Å²) in [6, 6.07) is 26.3. The summed E-state index contributed by atoms with van der Waals surface area (Å²) in [7, 11) is 0. The molecule has 0 bridgehead atoms. The Morgan fingerprint density at radius 2 is 1.00 bits per heavy atom. The summed E-state index contributed by atoms with van der Waals surface area (Å²) in [4.78, 5) is 0. The zero-order valence-corrected chi connectivity index (χ0v) is 13.5. The Morgan fingerprint density at radius 1 is 0.545 bits per heavy atom. The Labute approximate surface area is 133 Å². The third-order valence-electron chi connectivity index (χ3n) is 4.46. The van der Waals surface area contributed by atoms with E-state index in [1.54, 1.807) is 0 Å². The lowest BCUT2D eigenvalue weighted by Gasteiger charge is -2.22. The van der Waals surface area contributed by atoms with Gasteiger partial charge in [-0.3, -0.25) is 0 Å². The van der Waals surface area contributed by atoms with Gasteiger partial charge in [-0.25, -0.2) is 0 Å². The molecular weight excluding hydrogens is 264 g/mol. The second-order valence-corrected chi connectivity index (χ2v) is 6.05. The van der Waals surface area contributed by atoms with Gasteiger partial charge in [-0.2, -0.15) is 0 Å². The van der Waals surface area contributed by atoms with Crippen LogP contribution in [0.2, 0.25) is 0 Å². The minimum absolute atomic E-state index is 0.293. The Hall–Kier alpha value is -2.34. The summed E-state index contributed by atoms with van der Waals surface area (Å²) >= 11 is 0. The highest BCUT2D eigenvalue weighted by atomic mass is 14.2. The van der Waals surface area contributed by atoms with Crippen LogP contribution in [0, 0.1) is 20.8 Å². The van der Waals surface area contributed by atoms with Gasteiger partial charge >= 0.3 is 0 Å². The van der Waals surface area contributed by atoms with Crippen molar-refractivity contribution < 1.29 is 0 Å². The highest BCUT2D eigenvalue weighted by molar-refractivity contribution is 5.48. The van der Waals surface area contributed by atoms with E-state index in [9.17, 15) is 0 Å². The lowest BCUT2D eigenvalue weighted by Crippen LogP contribution is -2.06. The summed E-state index contributed by atoms with van der Waals surface area (Å²) < 4.78 is 0. The summed E-state index contributed by atoms with van der Waals surface area (Å²) in [6.45, 7) is 6.61. The molecule has 0 nitrogen and oxygen atoms in total. The molecular formula is C22H22. The third kappa shape index (κ3) is 2.82. The Bertz CT molecular complexity index is 715. The molecule has 0 amide bonds. The van der Waals surface area contributed by atoms with Crippen molar-refractivity contribution >= 4 is 0 Å². The first kappa shape index (κ1) is 14.6. The molecule has 0 aliphatic rings. The van der Waals surface area contributed by atoms with Crippen molar-refractivity contribution in [3.05, 3.63) is 106 Å². The second-order valence-electron chi connectivity index (χ2n) is 6.05. The van der Waals surface area contributed by atoms with E-state index < -0.39 is 0 Å². The number of aryl methyl sites for hydroxylation is 3. The number of hydrogen-bond donors (Lipinski definition) is 0. The zero-order valence-electron chi connectivity index (χ0n) is 13.5. The molecule has 0 unspecified atom stereocenters. The van der Waals surface area contributed by atoms with E-state index in [0.717, 1.165) is 0 Å². The molecule has 0 saturated heterocycles. The van der Waals surface area contributed by atoms with Gasteiger partial charge in [0.2, 0.25) is 0 Å². The van der Waals surface area contributed by atoms with Crippen molar-refractivity contribution in [1.29, 1.82) is 0 Å². The van der Waals surface area contributed by atoms with Gasteiger partial charge in [0.15, 0.2) is 0 Å². The summed E-state index contributed by atoms with van der Waals surface area (Å²) in [5.41, 5.74) is 8.18. The predicted octanol–water partition coefficient (Wildman–Crippen LogP) is 5.79. The topological polar surface area (TPSA) is 0 Å². The van der Waals surface area contributed by atoms with Gasteiger partial charge < -0.3 is 0 Å². The quantitative estimate of drug-likeness (QED) is 0.534. The van der Waals surface area contributed by atoms with Crippen LogP contribution in [0.3, 0.4) is 0 Å². The van der Waals surface area contributed by atoms with Crippen LogP contribution in [0.4, 0.5) is 0 Å². The van der Waals surface area contributed by atoms with Crippen LogP contribution >= 0.6 is 0 Å². The van der Waals surface area contributed by atoms with E-state index in [1.165, 1.54) is 33.4 Å². The van der Waals surface area contributed by atoms with Gasteiger partial charge in [0.05, 0.1) is 0 Å². The second kappa shape index (κ2) is 6.19. The van der Waals surface area contributed by atoms with Crippen LogP contribution in [-0.4, -0.2) is 0 Å². The van der Waals surface area contributed by atoms with Crippen LogP contribution in [0.5, 0.6) is 0 Å². The van der Waals surface area contributed by atoms with Crippen molar-refractivity contribution in [2.24, 2.45) is 0 Å². The molecule has 3 rings (SSSR count). The fourth-order valence-corrected chi connectivity index (χ4v) is 3.14. The van der Waals surface area contributed by atoms with Gasteiger partial charge in [-0.05, 0) is 54.2 Å². The first-order valence-corrected chi connectivity index (χ1v) is 7.84. The average molecular weight is 286 g/mol. The molecule has 3 aromatic rings. The molecule has 0 radical (unpaired) electrons. The van der Waals surface area contributed by atoms with Gasteiger partial charge in [0.1, 0.15) is 0 Å². The van der Waals surface area contributed by atoms with E-state index in [2.05, 4.69) is 93.6 Å². The van der Waals surface area contributed by atoms with Crippen molar-refractivity contribution in [3.8, 4) is 0 Å². The standard InChI is InChI=1S/C22H22/c1-16-14-18(3)21(15-17(16)2)22(19-10-6-4-7-11-19)20-12-8-5-9-13-20/h4-15,22H,1-3H3. The number of hydrogen-bond acceptors (Lipinski definition) is 0. The Balaban J connectivity index is 2.21. The lowest BCUT2D eigenvalue weighted by molar-refractivity contribution is 0.956. The molecule has 3 aromatic carbocycles. The SMILES string of the molecule is Cc1cc(C)c(C(c2ccccc2)c2ccccc2)cc1C. The molecule has 110 valence electrons. The summed E-state index contributed by atoms with van der Waals surface area (Å²) in [5.74, 6) is 0.293. The highest BCUT2D eigenvalue weighted by Crippen LogP contribution is 2.34. The zero-order chi connectivity index (χ0) is 15.5. The molecule has 0 aromatic heterocycles. The monoisotopic (exact) mass is 286 g/mol. The summed E-state index contributed by atoms with van der Waals surface area (Å²) in [5, 5.41) is 0. The van der Waals surface area contributed by atoms with Gasteiger partial charge in [-0.1, -0.05) is 72.8 Å². The molecule has 0 N–H and O–H groups in total. The molecule has 0 heteroatoms. The lowest BCUT2D eigenvalue weighted by atomic mass is 9.82. The fraction of sp³-hybridized carbons (Fsp3) is 0.182. The summed E-state index contributed by atoms with van der Waals surface area (Å²) in [6.07, 6.45) is 0. The number of rotatable bonds is 3. The minimum Gasteiger partial charge on any atom is -0.0622 e. The molecule has 0 saturated carbocycles. The fourth-order valence-electron chi connectivity index (χ4n) is 3.14. The van der Waals surface area contributed by atoms with Gasteiger partial charge in [-0.15, -0.1) is 0 Å². The third-order valence-corrected chi connectivity index (χ3v) is 4.46. The first-order valence-electron chi connectivity index (χ1n) is 7.84. The van der Waals surface area contributed by atoms with Crippen LogP contribution in [-0.2, 0) is 0 Å². The van der Waals surface area contributed by atoms with Gasteiger partial charge in [0, 0.05) is 5.92 Å². The van der Waals surface area contributed by atoms with Gasteiger partial charge in [0.25, 0.3) is 0 Å². The minimum atomic E-state index is 0.293. The molecule has 0 atom stereocenters. The van der Waals surface area contributed by atoms with Crippen LogP contribution in [0.25, 0.3) is 0 Å². The normalized spacial score (nSPS) is 10.9. The molecule has 22 heavy (non-hydrogen) atoms. The van der Waals surface area contributed by atoms with E-state index in [-0.39, 0.29) is 0 Å². The van der Waals surface area contributed by atoms with E-state index >= 15 is 0 Å².